The van der Waals surface area contributed by atoms with E-state index in [2.05, 4.69) is 0 Å². The molecular formula is C13H20N2O3. The molecule has 1 aromatic carbocycles. The monoisotopic (exact) mass is 252 g/mol. The lowest BCUT2D eigenvalue weighted by Gasteiger charge is -2.21. The number of amides is 1. The van der Waals surface area contributed by atoms with Crippen LogP contribution in [0.5, 0.6) is 11.5 Å². The Morgan fingerprint density at radius 3 is 2.78 bits per heavy atom. The van der Waals surface area contributed by atoms with Crippen LogP contribution in [-0.4, -0.2) is 36.6 Å². The fraction of sp³-hybridized carbons (Fsp3) is 0.462. The first-order chi connectivity index (χ1) is 8.49. The summed E-state index contributed by atoms with van der Waals surface area (Å²) in [6.07, 6.45) is 0. The zero-order valence-electron chi connectivity index (χ0n) is 11.0. The van der Waals surface area contributed by atoms with Gasteiger partial charge in [0.2, 0.25) is 5.91 Å². The van der Waals surface area contributed by atoms with E-state index in [1.54, 1.807) is 37.1 Å². The molecule has 0 radical (unpaired) electrons. The Kier molecular flexibility index (Phi) is 4.97. The second-order valence-electron chi connectivity index (χ2n) is 4.34. The molecule has 1 amide bonds. The number of phenolic OH excluding ortho intramolecular Hbond substituents is 1. The highest BCUT2D eigenvalue weighted by atomic mass is 16.5. The molecule has 1 unspecified atom stereocenters. The van der Waals surface area contributed by atoms with Crippen molar-refractivity contribution >= 4 is 5.91 Å². The van der Waals surface area contributed by atoms with E-state index in [0.29, 0.717) is 18.8 Å². The Morgan fingerprint density at radius 2 is 2.22 bits per heavy atom. The first-order valence-corrected chi connectivity index (χ1v) is 5.80. The lowest BCUT2D eigenvalue weighted by Crippen LogP contribution is -2.34. The van der Waals surface area contributed by atoms with E-state index in [9.17, 15) is 9.90 Å². The first kappa shape index (κ1) is 14.3. The summed E-state index contributed by atoms with van der Waals surface area (Å²) in [5, 5.41) is 9.48. The molecular weight excluding hydrogens is 232 g/mol. The molecule has 0 aromatic heterocycles. The van der Waals surface area contributed by atoms with E-state index in [1.165, 1.54) is 7.11 Å². The summed E-state index contributed by atoms with van der Waals surface area (Å²) in [5.74, 6) is 0.310. The minimum absolute atomic E-state index is 0.00421. The highest BCUT2D eigenvalue weighted by molar-refractivity contribution is 5.78. The molecule has 18 heavy (non-hydrogen) atoms. The topological polar surface area (TPSA) is 75.8 Å². The van der Waals surface area contributed by atoms with Crippen molar-refractivity contribution in [2.24, 2.45) is 11.7 Å². The number of carbonyl (C=O) groups is 1. The van der Waals surface area contributed by atoms with E-state index < -0.39 is 0 Å². The van der Waals surface area contributed by atoms with Crippen LogP contribution in [0.25, 0.3) is 0 Å². The normalized spacial score (nSPS) is 12.0. The van der Waals surface area contributed by atoms with Gasteiger partial charge in [0.15, 0.2) is 11.5 Å². The second kappa shape index (κ2) is 6.26. The van der Waals surface area contributed by atoms with E-state index >= 15 is 0 Å². The van der Waals surface area contributed by atoms with Crippen LogP contribution in [0.2, 0.25) is 0 Å². The lowest BCUT2D eigenvalue weighted by atomic mass is 10.1. The Labute approximate surface area is 107 Å². The van der Waals surface area contributed by atoms with E-state index in [1.807, 2.05) is 0 Å². The zero-order chi connectivity index (χ0) is 13.7. The van der Waals surface area contributed by atoms with Crippen molar-refractivity contribution in [2.45, 2.75) is 13.5 Å². The molecule has 1 aromatic rings. The molecule has 0 fully saturated rings. The molecule has 100 valence electrons. The fourth-order valence-corrected chi connectivity index (χ4v) is 1.65. The van der Waals surface area contributed by atoms with Crippen LogP contribution in [0, 0.1) is 5.92 Å². The minimum atomic E-state index is -0.186. The predicted molar refractivity (Wildman–Crippen MR) is 69.4 cm³/mol. The van der Waals surface area contributed by atoms with Gasteiger partial charge in [0.1, 0.15) is 0 Å². The van der Waals surface area contributed by atoms with Crippen molar-refractivity contribution in [3.63, 3.8) is 0 Å². The molecule has 0 bridgehead atoms. The van der Waals surface area contributed by atoms with Gasteiger partial charge in [-0.05, 0) is 17.7 Å². The molecule has 0 saturated carbocycles. The highest BCUT2D eigenvalue weighted by Crippen LogP contribution is 2.26. The summed E-state index contributed by atoms with van der Waals surface area (Å²) in [6, 6.07) is 5.03. The summed E-state index contributed by atoms with van der Waals surface area (Å²) >= 11 is 0. The van der Waals surface area contributed by atoms with E-state index in [-0.39, 0.29) is 17.6 Å². The summed E-state index contributed by atoms with van der Waals surface area (Å²) < 4.78 is 5.02. The highest BCUT2D eigenvalue weighted by Gasteiger charge is 2.16. The molecule has 0 spiro atoms. The number of hydrogen-bond acceptors (Lipinski definition) is 4. The summed E-state index contributed by atoms with van der Waals surface area (Å²) in [7, 11) is 3.22. The van der Waals surface area contributed by atoms with Gasteiger partial charge in [-0.25, -0.2) is 0 Å². The lowest BCUT2D eigenvalue weighted by molar-refractivity contribution is -0.133. The van der Waals surface area contributed by atoms with Crippen molar-refractivity contribution in [3.8, 4) is 11.5 Å². The van der Waals surface area contributed by atoms with Crippen LogP contribution < -0.4 is 10.5 Å². The fourth-order valence-electron chi connectivity index (χ4n) is 1.65. The largest absolute Gasteiger partial charge is 0.504 e. The molecule has 0 aliphatic carbocycles. The average molecular weight is 252 g/mol. The Morgan fingerprint density at radius 1 is 1.56 bits per heavy atom. The maximum Gasteiger partial charge on any atom is 0.226 e. The number of carbonyl (C=O) groups excluding carboxylic acids is 1. The number of hydrogen-bond donors (Lipinski definition) is 2. The van der Waals surface area contributed by atoms with Crippen LogP contribution >= 0.6 is 0 Å². The van der Waals surface area contributed by atoms with Crippen molar-refractivity contribution in [1.29, 1.82) is 0 Å². The summed E-state index contributed by atoms with van der Waals surface area (Å²) in [5.41, 5.74) is 6.36. The van der Waals surface area contributed by atoms with Crippen molar-refractivity contribution in [1.82, 2.24) is 4.90 Å². The third-order valence-corrected chi connectivity index (χ3v) is 2.82. The number of methoxy groups -OCH3 is 1. The number of phenols is 1. The van der Waals surface area contributed by atoms with Gasteiger partial charge in [0.25, 0.3) is 0 Å². The van der Waals surface area contributed by atoms with Crippen LogP contribution in [0.4, 0.5) is 0 Å². The predicted octanol–water partition coefficient (Wildman–Crippen LogP) is 0.954. The maximum atomic E-state index is 11.9. The Hall–Kier alpha value is -1.75. The van der Waals surface area contributed by atoms with Crippen molar-refractivity contribution in [2.75, 3.05) is 20.7 Å². The third-order valence-electron chi connectivity index (χ3n) is 2.82. The maximum absolute atomic E-state index is 11.9. The van der Waals surface area contributed by atoms with Gasteiger partial charge in [0, 0.05) is 26.1 Å². The van der Waals surface area contributed by atoms with Gasteiger partial charge >= 0.3 is 0 Å². The number of benzene rings is 1. The molecule has 0 aliphatic rings. The van der Waals surface area contributed by atoms with Gasteiger partial charge in [0.05, 0.1) is 7.11 Å². The standard InChI is InChI=1S/C13H20N2O3/c1-9(7-14)13(17)15(2)8-10-4-5-11(16)12(6-10)18-3/h4-6,9,16H,7-8,14H2,1-3H3. The molecule has 0 heterocycles. The van der Waals surface area contributed by atoms with Gasteiger partial charge in [-0.2, -0.15) is 0 Å². The zero-order valence-corrected chi connectivity index (χ0v) is 11.0. The Balaban J connectivity index is 2.75. The van der Waals surface area contributed by atoms with Gasteiger partial charge in [-0.15, -0.1) is 0 Å². The van der Waals surface area contributed by atoms with Crippen LogP contribution in [0.1, 0.15) is 12.5 Å². The SMILES string of the molecule is COc1cc(CN(C)C(=O)C(C)CN)ccc1O. The van der Waals surface area contributed by atoms with Crippen LogP contribution in [-0.2, 0) is 11.3 Å². The molecule has 5 nitrogen and oxygen atoms in total. The molecule has 1 rings (SSSR count). The number of aromatic hydroxyl groups is 1. The van der Waals surface area contributed by atoms with Crippen LogP contribution in [0.3, 0.4) is 0 Å². The van der Waals surface area contributed by atoms with Gasteiger partial charge < -0.3 is 20.5 Å². The van der Waals surface area contributed by atoms with Crippen molar-refractivity contribution < 1.29 is 14.6 Å². The molecule has 0 saturated heterocycles. The van der Waals surface area contributed by atoms with Gasteiger partial charge in [-0.1, -0.05) is 13.0 Å². The first-order valence-electron chi connectivity index (χ1n) is 5.80. The number of ether oxygens (including phenoxy) is 1. The smallest absolute Gasteiger partial charge is 0.226 e. The van der Waals surface area contributed by atoms with Crippen molar-refractivity contribution in [3.05, 3.63) is 23.8 Å². The molecule has 0 aliphatic heterocycles. The van der Waals surface area contributed by atoms with Gasteiger partial charge in [-0.3, -0.25) is 4.79 Å². The average Bonchev–Trinajstić information content (AvgIpc) is 2.38. The third kappa shape index (κ3) is 3.37. The van der Waals surface area contributed by atoms with E-state index in [4.69, 9.17) is 10.5 Å². The molecule has 3 N–H and O–H groups in total. The van der Waals surface area contributed by atoms with Crippen LogP contribution in [0.15, 0.2) is 18.2 Å². The molecule has 1 atom stereocenters. The number of nitrogens with zero attached hydrogens (tertiary/aromatic N) is 1. The second-order valence-corrected chi connectivity index (χ2v) is 4.34. The summed E-state index contributed by atoms with van der Waals surface area (Å²) in [6.45, 7) is 2.60. The molecule has 5 heteroatoms. The summed E-state index contributed by atoms with van der Waals surface area (Å²) in [4.78, 5) is 13.5. The quantitative estimate of drug-likeness (QED) is 0.818. The van der Waals surface area contributed by atoms with E-state index in [0.717, 1.165) is 5.56 Å². The minimum Gasteiger partial charge on any atom is -0.504 e. The number of rotatable bonds is 5. The number of nitrogens with two attached hydrogens (primary N) is 1. The Bertz CT molecular complexity index is 421.